The van der Waals surface area contributed by atoms with Gasteiger partial charge in [0.2, 0.25) is 5.91 Å². The third-order valence-corrected chi connectivity index (χ3v) is 2.90. The lowest BCUT2D eigenvalue weighted by Gasteiger charge is -1.91. The van der Waals surface area contributed by atoms with Crippen LogP contribution >= 0.6 is 11.8 Å². The number of carbonyl (C=O) groups is 1. The summed E-state index contributed by atoms with van der Waals surface area (Å²) in [5.74, 6) is -0.181. The largest absolute Gasteiger partial charge is 0.369 e. The van der Waals surface area contributed by atoms with Gasteiger partial charge in [-0.25, -0.2) is 0 Å². The van der Waals surface area contributed by atoms with E-state index in [1.54, 1.807) is 11.8 Å². The van der Waals surface area contributed by atoms with Gasteiger partial charge in [-0.2, -0.15) is 0 Å². The van der Waals surface area contributed by atoms with E-state index >= 15 is 0 Å². The molecule has 1 heterocycles. The Bertz CT molecular complexity index is 132. The minimum Gasteiger partial charge on any atom is -0.369 e. The molecule has 1 unspecified atom stereocenters. The molecule has 0 saturated carbocycles. The van der Waals surface area contributed by atoms with Crippen LogP contribution in [-0.4, -0.2) is 15.9 Å². The number of nitrogens with two attached hydrogens (primary N) is 1. The van der Waals surface area contributed by atoms with Crippen LogP contribution in [0.15, 0.2) is 0 Å². The van der Waals surface area contributed by atoms with Crippen molar-refractivity contribution >= 4 is 17.7 Å². The van der Waals surface area contributed by atoms with Gasteiger partial charge in [-0.15, -0.1) is 11.8 Å². The molecule has 0 aromatic heterocycles. The Hall–Kier alpha value is -0.180. The average Bonchev–Trinajstić information content (AvgIpc) is 2.13. The molecule has 0 radical (unpaired) electrons. The lowest BCUT2D eigenvalue weighted by Crippen LogP contribution is -2.22. The van der Waals surface area contributed by atoms with Crippen LogP contribution in [0.1, 0.15) is 13.8 Å². The van der Waals surface area contributed by atoms with Crippen molar-refractivity contribution in [3.05, 3.63) is 0 Å². The first-order valence-corrected chi connectivity index (χ1v) is 3.39. The first-order chi connectivity index (χ1) is 3.54. The van der Waals surface area contributed by atoms with E-state index in [0.29, 0.717) is 0 Å². The third kappa shape index (κ3) is 0.823. The third-order valence-electron chi connectivity index (χ3n) is 1.25. The van der Waals surface area contributed by atoms with Crippen molar-refractivity contribution in [2.45, 2.75) is 23.8 Å². The van der Waals surface area contributed by atoms with Gasteiger partial charge in [0, 0.05) is 4.75 Å². The molecular weight excluding hydrogens is 122 g/mol. The summed E-state index contributed by atoms with van der Waals surface area (Å²) in [6, 6.07) is 0. The van der Waals surface area contributed by atoms with Crippen LogP contribution < -0.4 is 5.73 Å². The van der Waals surface area contributed by atoms with E-state index in [1.807, 2.05) is 13.8 Å². The van der Waals surface area contributed by atoms with Gasteiger partial charge >= 0.3 is 0 Å². The molecule has 3 heteroatoms. The zero-order valence-electron chi connectivity index (χ0n) is 4.97. The Kier molecular flexibility index (Phi) is 1.05. The van der Waals surface area contributed by atoms with Crippen molar-refractivity contribution in [3.8, 4) is 0 Å². The van der Waals surface area contributed by atoms with Crippen molar-refractivity contribution in [1.82, 2.24) is 0 Å². The highest BCUT2D eigenvalue weighted by Gasteiger charge is 2.51. The second-order valence-electron chi connectivity index (χ2n) is 2.50. The minimum atomic E-state index is -0.181. The van der Waals surface area contributed by atoms with E-state index in [1.165, 1.54) is 0 Å². The first-order valence-electron chi connectivity index (χ1n) is 2.51. The SMILES string of the molecule is CC1(C)SC1C(N)=O. The molecule has 1 aliphatic heterocycles. The van der Waals surface area contributed by atoms with Crippen LogP contribution in [0.2, 0.25) is 0 Å². The molecule has 0 aromatic carbocycles. The van der Waals surface area contributed by atoms with Gasteiger partial charge in [0.05, 0.1) is 5.25 Å². The number of primary amides is 1. The molecule has 1 fully saturated rings. The predicted molar refractivity (Wildman–Crippen MR) is 34.7 cm³/mol. The van der Waals surface area contributed by atoms with Crippen molar-refractivity contribution < 1.29 is 4.79 Å². The molecule has 1 aliphatic rings. The molecule has 0 aromatic rings. The maximum Gasteiger partial charge on any atom is 0.231 e. The Morgan fingerprint density at radius 2 is 2.12 bits per heavy atom. The highest BCUT2D eigenvalue weighted by molar-refractivity contribution is 8.09. The van der Waals surface area contributed by atoms with Crippen molar-refractivity contribution in [1.29, 1.82) is 0 Å². The summed E-state index contributed by atoms with van der Waals surface area (Å²) >= 11 is 1.63. The normalized spacial score (nSPS) is 32.0. The van der Waals surface area contributed by atoms with Gasteiger partial charge in [0.1, 0.15) is 0 Å². The van der Waals surface area contributed by atoms with Crippen LogP contribution in [-0.2, 0) is 4.79 Å². The van der Waals surface area contributed by atoms with E-state index in [9.17, 15) is 4.79 Å². The summed E-state index contributed by atoms with van der Waals surface area (Å²) in [5.41, 5.74) is 5.01. The molecule has 1 atom stereocenters. The number of thioether (sulfide) groups is 1. The summed E-state index contributed by atoms with van der Waals surface area (Å²) in [6.45, 7) is 4.04. The van der Waals surface area contributed by atoms with Crippen LogP contribution in [0.25, 0.3) is 0 Å². The summed E-state index contributed by atoms with van der Waals surface area (Å²) < 4.78 is 0.131. The van der Waals surface area contributed by atoms with Crippen molar-refractivity contribution in [2.24, 2.45) is 5.73 Å². The lowest BCUT2D eigenvalue weighted by molar-refractivity contribution is -0.117. The molecule has 1 saturated heterocycles. The van der Waals surface area contributed by atoms with Crippen molar-refractivity contribution in [3.63, 3.8) is 0 Å². The number of carbonyl (C=O) groups excluding carboxylic acids is 1. The van der Waals surface area contributed by atoms with E-state index in [-0.39, 0.29) is 15.9 Å². The number of amides is 1. The van der Waals surface area contributed by atoms with Gasteiger partial charge in [-0.3, -0.25) is 4.79 Å². The van der Waals surface area contributed by atoms with Crippen LogP contribution in [0, 0.1) is 0 Å². The molecule has 0 aliphatic carbocycles. The Labute approximate surface area is 52.8 Å². The molecule has 0 bridgehead atoms. The summed E-state index contributed by atoms with van der Waals surface area (Å²) in [6.07, 6.45) is 0. The monoisotopic (exact) mass is 131 g/mol. The molecular formula is C5H9NOS. The van der Waals surface area contributed by atoms with Crippen LogP contribution in [0.4, 0.5) is 0 Å². The fraction of sp³-hybridized carbons (Fsp3) is 0.800. The summed E-state index contributed by atoms with van der Waals surface area (Å²) in [4.78, 5) is 10.4. The van der Waals surface area contributed by atoms with E-state index < -0.39 is 0 Å². The molecule has 2 nitrogen and oxygen atoms in total. The lowest BCUT2D eigenvalue weighted by atomic mass is 10.1. The number of hydrogen-bond acceptors (Lipinski definition) is 2. The standard InChI is InChI=1S/C5H9NOS/c1-5(2)3(8-5)4(6)7/h3H,1-2H3,(H2,6,7). The maximum absolute atomic E-state index is 10.4. The second kappa shape index (κ2) is 1.41. The van der Waals surface area contributed by atoms with Gasteiger partial charge in [-0.05, 0) is 13.8 Å². The van der Waals surface area contributed by atoms with Gasteiger partial charge in [0.25, 0.3) is 0 Å². The summed E-state index contributed by atoms with van der Waals surface area (Å²) in [5, 5.41) is 0.0718. The second-order valence-corrected chi connectivity index (χ2v) is 4.26. The highest BCUT2D eigenvalue weighted by atomic mass is 32.2. The van der Waals surface area contributed by atoms with E-state index in [4.69, 9.17) is 5.73 Å². The van der Waals surface area contributed by atoms with E-state index in [0.717, 1.165) is 0 Å². The average molecular weight is 131 g/mol. The van der Waals surface area contributed by atoms with Crippen LogP contribution in [0.3, 0.4) is 0 Å². The molecule has 0 spiro atoms. The Balaban J connectivity index is 2.48. The molecule has 1 rings (SSSR count). The van der Waals surface area contributed by atoms with E-state index in [2.05, 4.69) is 0 Å². The van der Waals surface area contributed by atoms with Gasteiger partial charge in [-0.1, -0.05) is 0 Å². The Morgan fingerprint density at radius 1 is 1.75 bits per heavy atom. The predicted octanol–water partition coefficient (Wildman–Crippen LogP) is 0.366. The van der Waals surface area contributed by atoms with Crippen LogP contribution in [0.5, 0.6) is 0 Å². The Morgan fingerprint density at radius 3 is 2.12 bits per heavy atom. The first kappa shape index (κ1) is 5.95. The summed E-state index contributed by atoms with van der Waals surface area (Å²) in [7, 11) is 0. The molecule has 2 N–H and O–H groups in total. The minimum absolute atomic E-state index is 0.0718. The highest BCUT2D eigenvalue weighted by Crippen LogP contribution is 2.52. The number of rotatable bonds is 1. The maximum atomic E-state index is 10.4. The molecule has 8 heavy (non-hydrogen) atoms. The quantitative estimate of drug-likeness (QED) is 0.522. The molecule has 1 amide bonds. The zero-order chi connectivity index (χ0) is 6.36. The molecule has 46 valence electrons. The zero-order valence-corrected chi connectivity index (χ0v) is 5.79. The smallest absolute Gasteiger partial charge is 0.231 e. The topological polar surface area (TPSA) is 43.1 Å². The van der Waals surface area contributed by atoms with Gasteiger partial charge < -0.3 is 5.73 Å². The van der Waals surface area contributed by atoms with Gasteiger partial charge in [0.15, 0.2) is 0 Å². The van der Waals surface area contributed by atoms with Crippen molar-refractivity contribution in [2.75, 3.05) is 0 Å². The fourth-order valence-electron chi connectivity index (χ4n) is 0.670. The fourth-order valence-corrected chi connectivity index (χ4v) is 1.44. The number of hydrogen-bond donors (Lipinski definition) is 1.